The number of hydrogen-bond donors (Lipinski definition) is 2. The molecule has 0 bridgehead atoms. The van der Waals surface area contributed by atoms with E-state index >= 15 is 0 Å². The molecule has 2 rings (SSSR count). The minimum Gasteiger partial charge on any atom is -0.315 e. The first-order valence-electron chi connectivity index (χ1n) is 6.61. The molecule has 0 saturated heterocycles. The minimum absolute atomic E-state index is 0.0829. The van der Waals surface area contributed by atoms with Crippen LogP contribution in [0.5, 0.6) is 0 Å². The Bertz CT molecular complexity index is 805. The zero-order valence-electron chi connectivity index (χ0n) is 12.1. The summed E-state index contributed by atoms with van der Waals surface area (Å²) in [5.41, 5.74) is 2.24. The van der Waals surface area contributed by atoms with E-state index in [0.717, 1.165) is 6.07 Å². The number of amides is 2. The van der Waals surface area contributed by atoms with Gasteiger partial charge in [0.05, 0.1) is 16.8 Å². The summed E-state index contributed by atoms with van der Waals surface area (Å²) in [5, 5.41) is 16.2. The van der Waals surface area contributed by atoms with Gasteiger partial charge < -0.3 is 5.32 Å². The van der Waals surface area contributed by atoms with Crippen LogP contribution in [0.15, 0.2) is 53.6 Å². The Morgan fingerprint density at radius 3 is 2.38 bits per heavy atom. The zero-order chi connectivity index (χ0) is 17.5. The highest BCUT2D eigenvalue weighted by atomic mass is 19.1. The molecule has 2 aromatic rings. The van der Waals surface area contributed by atoms with Crippen LogP contribution in [0.3, 0.4) is 0 Å². The predicted molar refractivity (Wildman–Crippen MR) is 83.9 cm³/mol. The van der Waals surface area contributed by atoms with Crippen molar-refractivity contribution in [2.24, 2.45) is 5.10 Å². The fourth-order valence-electron chi connectivity index (χ4n) is 1.64. The number of carbonyl (C=O) groups is 2. The number of halogens is 1. The molecule has 0 atom stereocenters. The maximum atomic E-state index is 13.4. The highest BCUT2D eigenvalue weighted by Gasteiger charge is 2.14. The first-order valence-corrected chi connectivity index (χ1v) is 6.61. The van der Waals surface area contributed by atoms with Gasteiger partial charge >= 0.3 is 11.8 Å². The summed E-state index contributed by atoms with van der Waals surface area (Å²) in [7, 11) is 0. The largest absolute Gasteiger partial charge is 0.329 e. The molecular formula is C15H11FN4O4. The normalized spacial score (nSPS) is 10.4. The van der Waals surface area contributed by atoms with Crippen LogP contribution in [0.4, 0.5) is 15.8 Å². The highest BCUT2D eigenvalue weighted by molar-refractivity contribution is 6.39. The van der Waals surface area contributed by atoms with Crippen molar-refractivity contribution in [1.82, 2.24) is 5.43 Å². The summed E-state index contributed by atoms with van der Waals surface area (Å²) in [4.78, 5) is 33.1. The van der Waals surface area contributed by atoms with Crippen molar-refractivity contribution in [3.05, 3.63) is 70.0 Å². The Kier molecular flexibility index (Phi) is 5.29. The molecule has 0 unspecified atom stereocenters. The lowest BCUT2D eigenvalue weighted by atomic mass is 10.2. The van der Waals surface area contributed by atoms with Crippen LogP contribution in [-0.2, 0) is 9.59 Å². The Morgan fingerprint density at radius 1 is 1.08 bits per heavy atom. The molecule has 9 heteroatoms. The molecule has 0 aliphatic rings. The second-order valence-corrected chi connectivity index (χ2v) is 4.48. The first-order chi connectivity index (χ1) is 11.5. The van der Waals surface area contributed by atoms with E-state index in [-0.39, 0.29) is 11.4 Å². The number of anilines is 1. The SMILES string of the molecule is O=C(N/N=C\c1ccc([N+](=O)[O-])cc1)C(=O)Nc1ccccc1F. The summed E-state index contributed by atoms with van der Waals surface area (Å²) >= 11 is 0. The number of hydrazone groups is 1. The van der Waals surface area contributed by atoms with E-state index in [0.29, 0.717) is 5.56 Å². The summed E-state index contributed by atoms with van der Waals surface area (Å²) in [6.45, 7) is 0. The van der Waals surface area contributed by atoms with Crippen molar-refractivity contribution >= 4 is 29.4 Å². The van der Waals surface area contributed by atoms with Gasteiger partial charge in [0.2, 0.25) is 0 Å². The van der Waals surface area contributed by atoms with Crippen molar-refractivity contribution in [1.29, 1.82) is 0 Å². The molecule has 122 valence electrons. The summed E-state index contributed by atoms with van der Waals surface area (Å²) in [6.07, 6.45) is 1.21. The van der Waals surface area contributed by atoms with Crippen molar-refractivity contribution in [3.8, 4) is 0 Å². The minimum atomic E-state index is -1.09. The predicted octanol–water partition coefficient (Wildman–Crippen LogP) is 1.82. The fraction of sp³-hybridized carbons (Fsp3) is 0. The zero-order valence-corrected chi connectivity index (χ0v) is 12.1. The van der Waals surface area contributed by atoms with Crippen LogP contribution >= 0.6 is 0 Å². The molecule has 0 radical (unpaired) electrons. The van der Waals surface area contributed by atoms with Gasteiger partial charge in [-0.25, -0.2) is 9.82 Å². The van der Waals surface area contributed by atoms with Gasteiger partial charge in [-0.05, 0) is 29.8 Å². The third-order valence-corrected chi connectivity index (χ3v) is 2.81. The second kappa shape index (κ2) is 7.58. The molecule has 2 N–H and O–H groups in total. The molecule has 24 heavy (non-hydrogen) atoms. The summed E-state index contributed by atoms with van der Waals surface area (Å²) in [5.74, 6) is -2.84. The molecule has 0 heterocycles. The number of para-hydroxylation sites is 1. The molecule has 2 aromatic carbocycles. The van der Waals surface area contributed by atoms with Gasteiger partial charge in [0, 0.05) is 12.1 Å². The molecule has 0 saturated carbocycles. The van der Waals surface area contributed by atoms with Gasteiger partial charge in [0.1, 0.15) is 5.82 Å². The lowest BCUT2D eigenvalue weighted by Crippen LogP contribution is -2.32. The third kappa shape index (κ3) is 4.44. The van der Waals surface area contributed by atoms with E-state index in [9.17, 15) is 24.1 Å². The van der Waals surface area contributed by atoms with Gasteiger partial charge in [-0.15, -0.1) is 0 Å². The van der Waals surface area contributed by atoms with Gasteiger partial charge in [-0.3, -0.25) is 19.7 Å². The van der Waals surface area contributed by atoms with E-state index in [1.165, 1.54) is 48.7 Å². The number of nitro groups is 1. The quantitative estimate of drug-likeness (QED) is 0.385. The van der Waals surface area contributed by atoms with E-state index < -0.39 is 22.6 Å². The number of nitro benzene ring substituents is 1. The van der Waals surface area contributed by atoms with Crippen molar-refractivity contribution in [2.45, 2.75) is 0 Å². The summed E-state index contributed by atoms with van der Waals surface area (Å²) < 4.78 is 13.4. The average Bonchev–Trinajstić information content (AvgIpc) is 2.57. The summed E-state index contributed by atoms with van der Waals surface area (Å²) in [6, 6.07) is 10.8. The van der Waals surface area contributed by atoms with E-state index in [1.807, 2.05) is 5.43 Å². The van der Waals surface area contributed by atoms with Gasteiger partial charge in [-0.1, -0.05) is 12.1 Å². The van der Waals surface area contributed by atoms with Gasteiger partial charge in [-0.2, -0.15) is 5.10 Å². The number of non-ortho nitro benzene ring substituents is 1. The van der Waals surface area contributed by atoms with Crippen LogP contribution in [0.25, 0.3) is 0 Å². The smallest absolute Gasteiger partial charge is 0.315 e. The number of hydrogen-bond acceptors (Lipinski definition) is 5. The lowest BCUT2D eigenvalue weighted by molar-refractivity contribution is -0.384. The molecule has 2 amide bonds. The number of nitrogens with one attached hydrogen (secondary N) is 2. The second-order valence-electron chi connectivity index (χ2n) is 4.48. The highest BCUT2D eigenvalue weighted by Crippen LogP contribution is 2.12. The average molecular weight is 330 g/mol. The van der Waals surface area contributed by atoms with Gasteiger partial charge in [0.15, 0.2) is 0 Å². The Hall–Kier alpha value is -3.62. The molecular weight excluding hydrogens is 319 g/mol. The molecule has 0 aromatic heterocycles. The molecule has 0 spiro atoms. The fourth-order valence-corrected chi connectivity index (χ4v) is 1.64. The van der Waals surface area contributed by atoms with Crippen LogP contribution in [-0.4, -0.2) is 23.0 Å². The Balaban J connectivity index is 1.91. The van der Waals surface area contributed by atoms with Crippen molar-refractivity contribution in [2.75, 3.05) is 5.32 Å². The van der Waals surface area contributed by atoms with Crippen LogP contribution in [0.2, 0.25) is 0 Å². The van der Waals surface area contributed by atoms with Crippen LogP contribution in [0, 0.1) is 15.9 Å². The van der Waals surface area contributed by atoms with Gasteiger partial charge in [0.25, 0.3) is 5.69 Å². The van der Waals surface area contributed by atoms with E-state index in [2.05, 4.69) is 10.4 Å². The maximum Gasteiger partial charge on any atom is 0.329 e. The third-order valence-electron chi connectivity index (χ3n) is 2.81. The van der Waals surface area contributed by atoms with Crippen LogP contribution < -0.4 is 10.7 Å². The van der Waals surface area contributed by atoms with Crippen molar-refractivity contribution in [3.63, 3.8) is 0 Å². The van der Waals surface area contributed by atoms with E-state index in [4.69, 9.17) is 0 Å². The molecule has 8 nitrogen and oxygen atoms in total. The lowest BCUT2D eigenvalue weighted by Gasteiger charge is -2.04. The molecule has 0 aliphatic carbocycles. The van der Waals surface area contributed by atoms with Crippen molar-refractivity contribution < 1.29 is 18.9 Å². The Morgan fingerprint density at radius 2 is 1.75 bits per heavy atom. The standard InChI is InChI=1S/C15H11FN4O4/c16-12-3-1-2-4-13(12)18-14(21)15(22)19-17-9-10-5-7-11(8-6-10)20(23)24/h1-9H,(H,18,21)(H,19,22)/b17-9-. The maximum absolute atomic E-state index is 13.4. The number of nitrogens with zero attached hydrogens (tertiary/aromatic N) is 2. The molecule has 0 aliphatic heterocycles. The molecule has 0 fully saturated rings. The van der Waals surface area contributed by atoms with E-state index in [1.54, 1.807) is 0 Å². The number of rotatable bonds is 4. The van der Waals surface area contributed by atoms with Crippen LogP contribution in [0.1, 0.15) is 5.56 Å². The monoisotopic (exact) mass is 330 g/mol. The first kappa shape index (κ1) is 16.7. The topological polar surface area (TPSA) is 114 Å². The number of carbonyl (C=O) groups excluding carboxylic acids is 2. The number of benzene rings is 2. The Labute approximate surface area is 135 Å².